The van der Waals surface area contributed by atoms with Crippen molar-refractivity contribution in [1.29, 1.82) is 0 Å². The van der Waals surface area contributed by atoms with Gasteiger partial charge in [0, 0.05) is 19.6 Å². The number of rotatable bonds is 7. The Morgan fingerprint density at radius 1 is 1.26 bits per heavy atom. The number of hydrogen-bond acceptors (Lipinski definition) is 5. The Morgan fingerprint density at radius 2 is 2.09 bits per heavy atom. The van der Waals surface area contributed by atoms with E-state index in [-0.39, 0.29) is 6.04 Å². The van der Waals surface area contributed by atoms with E-state index in [1.54, 1.807) is 6.26 Å². The van der Waals surface area contributed by atoms with E-state index >= 15 is 0 Å². The molecule has 23 heavy (non-hydrogen) atoms. The van der Waals surface area contributed by atoms with Crippen LogP contribution >= 0.6 is 0 Å². The molecule has 0 bridgehead atoms. The van der Waals surface area contributed by atoms with Crippen LogP contribution in [0.2, 0.25) is 0 Å². The van der Waals surface area contributed by atoms with Crippen LogP contribution in [0.1, 0.15) is 45.0 Å². The van der Waals surface area contributed by atoms with Gasteiger partial charge in [-0.3, -0.25) is 4.90 Å². The number of hydrogen-bond donors (Lipinski definition) is 0. The zero-order valence-electron chi connectivity index (χ0n) is 14.1. The van der Waals surface area contributed by atoms with E-state index < -0.39 is 0 Å². The summed E-state index contributed by atoms with van der Waals surface area (Å²) >= 11 is 0. The van der Waals surface area contributed by atoms with Crippen molar-refractivity contribution in [1.82, 2.24) is 19.7 Å². The second-order valence-electron chi connectivity index (χ2n) is 5.92. The molecule has 3 rings (SSSR count). The molecule has 6 heteroatoms. The lowest BCUT2D eigenvalue weighted by Gasteiger charge is -2.33. The molecule has 1 aliphatic rings. The maximum Gasteiger partial charge on any atom is 0.217 e. The molecule has 2 aromatic rings. The minimum atomic E-state index is 0.284. The van der Waals surface area contributed by atoms with Gasteiger partial charge < -0.3 is 9.15 Å². The molecule has 0 radical (unpaired) electrons. The number of nitrogens with zero attached hydrogens (tertiary/aromatic N) is 4. The number of ether oxygens (including phenoxy) is 1. The molecule has 0 amide bonds. The van der Waals surface area contributed by atoms with Gasteiger partial charge in [-0.25, -0.2) is 9.67 Å². The Kier molecular flexibility index (Phi) is 5.46. The summed E-state index contributed by atoms with van der Waals surface area (Å²) in [5, 5.41) is 4.71. The van der Waals surface area contributed by atoms with E-state index in [9.17, 15) is 0 Å². The molecular weight excluding hydrogens is 292 g/mol. The summed E-state index contributed by atoms with van der Waals surface area (Å²) in [7, 11) is 0. The Balaban J connectivity index is 1.90. The Hall–Kier alpha value is -1.66. The van der Waals surface area contributed by atoms with Gasteiger partial charge in [0.1, 0.15) is 5.82 Å². The first-order valence-electron chi connectivity index (χ1n) is 8.63. The maximum atomic E-state index is 5.49. The van der Waals surface area contributed by atoms with E-state index in [2.05, 4.69) is 23.4 Å². The zero-order chi connectivity index (χ0) is 16.1. The highest BCUT2D eigenvalue weighted by atomic mass is 16.5. The molecule has 2 aromatic heterocycles. The first-order chi connectivity index (χ1) is 11.3. The SMILES string of the molecule is CCCCn1nc(-c2ccco2)nc1C(CC)N1CCOCC1. The summed E-state index contributed by atoms with van der Waals surface area (Å²) in [5.41, 5.74) is 0. The Morgan fingerprint density at radius 3 is 2.74 bits per heavy atom. The van der Waals surface area contributed by atoms with Crippen molar-refractivity contribution in [2.45, 2.75) is 45.7 Å². The van der Waals surface area contributed by atoms with Gasteiger partial charge in [-0.15, -0.1) is 5.10 Å². The predicted octanol–water partition coefficient (Wildman–Crippen LogP) is 3.12. The van der Waals surface area contributed by atoms with Crippen LogP contribution in [0, 0.1) is 0 Å². The normalized spacial score (nSPS) is 17.5. The third-order valence-electron chi connectivity index (χ3n) is 4.34. The summed E-state index contributed by atoms with van der Waals surface area (Å²) in [5.74, 6) is 2.47. The molecule has 0 saturated carbocycles. The summed E-state index contributed by atoms with van der Waals surface area (Å²) < 4.78 is 13.0. The van der Waals surface area contributed by atoms with Gasteiger partial charge in [-0.1, -0.05) is 20.3 Å². The van der Waals surface area contributed by atoms with Crippen LogP contribution in [0.25, 0.3) is 11.6 Å². The van der Waals surface area contributed by atoms with Crippen LogP contribution in [-0.2, 0) is 11.3 Å². The smallest absolute Gasteiger partial charge is 0.217 e. The average Bonchev–Trinajstić information content (AvgIpc) is 3.24. The highest BCUT2D eigenvalue weighted by Gasteiger charge is 2.27. The lowest BCUT2D eigenvalue weighted by Crippen LogP contribution is -2.40. The third kappa shape index (κ3) is 3.64. The molecular formula is C17H26N4O2. The van der Waals surface area contributed by atoms with Gasteiger partial charge in [0.25, 0.3) is 0 Å². The fourth-order valence-corrected chi connectivity index (χ4v) is 3.08. The van der Waals surface area contributed by atoms with E-state index in [0.29, 0.717) is 5.82 Å². The van der Waals surface area contributed by atoms with Crippen molar-refractivity contribution in [2.75, 3.05) is 26.3 Å². The maximum absolute atomic E-state index is 5.49. The largest absolute Gasteiger partial charge is 0.461 e. The van der Waals surface area contributed by atoms with Crippen LogP contribution in [0.5, 0.6) is 0 Å². The fraction of sp³-hybridized carbons (Fsp3) is 0.647. The van der Waals surface area contributed by atoms with Crippen molar-refractivity contribution in [2.24, 2.45) is 0 Å². The van der Waals surface area contributed by atoms with Crippen LogP contribution in [0.3, 0.4) is 0 Å². The summed E-state index contributed by atoms with van der Waals surface area (Å²) in [6, 6.07) is 4.08. The Labute approximate surface area is 137 Å². The van der Waals surface area contributed by atoms with E-state index in [0.717, 1.165) is 63.7 Å². The molecule has 1 saturated heterocycles. The van der Waals surface area contributed by atoms with Crippen LogP contribution < -0.4 is 0 Å². The van der Waals surface area contributed by atoms with Gasteiger partial charge in [0.05, 0.1) is 25.5 Å². The predicted molar refractivity (Wildman–Crippen MR) is 88.1 cm³/mol. The van der Waals surface area contributed by atoms with Gasteiger partial charge in [0.15, 0.2) is 5.76 Å². The molecule has 0 aromatic carbocycles. The fourth-order valence-electron chi connectivity index (χ4n) is 3.08. The first kappa shape index (κ1) is 16.2. The summed E-state index contributed by atoms with van der Waals surface area (Å²) in [4.78, 5) is 7.29. The minimum Gasteiger partial charge on any atom is -0.461 e. The number of unbranched alkanes of at least 4 members (excludes halogenated alkanes) is 1. The van der Waals surface area contributed by atoms with Gasteiger partial charge in [-0.2, -0.15) is 0 Å². The molecule has 3 heterocycles. The standard InChI is InChI=1S/C17H26N4O2/c1-3-5-8-21-17(14(4-2)20-9-12-22-13-10-20)18-16(19-21)15-7-6-11-23-15/h6-7,11,14H,3-5,8-10,12-13H2,1-2H3. The van der Waals surface area contributed by atoms with Crippen LogP contribution in [0.15, 0.2) is 22.8 Å². The number of morpholine rings is 1. The van der Waals surface area contributed by atoms with Crippen molar-refractivity contribution >= 4 is 0 Å². The summed E-state index contributed by atoms with van der Waals surface area (Å²) in [6.45, 7) is 8.81. The van der Waals surface area contributed by atoms with Gasteiger partial charge in [-0.05, 0) is 25.0 Å². The van der Waals surface area contributed by atoms with Crippen molar-refractivity contribution in [3.63, 3.8) is 0 Å². The molecule has 0 aliphatic carbocycles. The van der Waals surface area contributed by atoms with E-state index in [1.165, 1.54) is 0 Å². The third-order valence-corrected chi connectivity index (χ3v) is 4.34. The van der Waals surface area contributed by atoms with Crippen molar-refractivity contribution in [3.8, 4) is 11.6 Å². The molecule has 0 N–H and O–H groups in total. The first-order valence-corrected chi connectivity index (χ1v) is 8.63. The quantitative estimate of drug-likeness (QED) is 0.785. The van der Waals surface area contributed by atoms with Crippen LogP contribution in [0.4, 0.5) is 0 Å². The monoisotopic (exact) mass is 318 g/mol. The second-order valence-corrected chi connectivity index (χ2v) is 5.92. The van der Waals surface area contributed by atoms with Gasteiger partial charge in [0.2, 0.25) is 5.82 Å². The van der Waals surface area contributed by atoms with Gasteiger partial charge >= 0.3 is 0 Å². The molecule has 1 unspecified atom stereocenters. The number of aryl methyl sites for hydroxylation is 1. The molecule has 1 aliphatic heterocycles. The zero-order valence-corrected chi connectivity index (χ0v) is 14.1. The topological polar surface area (TPSA) is 56.3 Å². The lowest BCUT2D eigenvalue weighted by molar-refractivity contribution is 0.0124. The lowest BCUT2D eigenvalue weighted by atomic mass is 10.1. The van der Waals surface area contributed by atoms with E-state index in [4.69, 9.17) is 19.2 Å². The number of furan rings is 1. The second kappa shape index (κ2) is 7.75. The highest BCUT2D eigenvalue weighted by Crippen LogP contribution is 2.26. The number of aromatic nitrogens is 3. The van der Waals surface area contributed by atoms with Crippen molar-refractivity contribution < 1.29 is 9.15 Å². The molecule has 1 fully saturated rings. The molecule has 126 valence electrons. The minimum absolute atomic E-state index is 0.284. The molecule has 1 atom stereocenters. The Bertz CT molecular complexity index is 588. The van der Waals surface area contributed by atoms with Crippen LogP contribution in [-0.4, -0.2) is 46.0 Å². The molecule has 0 spiro atoms. The summed E-state index contributed by atoms with van der Waals surface area (Å²) in [6.07, 6.45) is 4.93. The van der Waals surface area contributed by atoms with Crippen molar-refractivity contribution in [3.05, 3.63) is 24.2 Å². The van der Waals surface area contributed by atoms with E-state index in [1.807, 2.05) is 12.1 Å². The molecule has 6 nitrogen and oxygen atoms in total. The highest BCUT2D eigenvalue weighted by molar-refractivity contribution is 5.45. The average molecular weight is 318 g/mol.